The molecule has 4 heteroatoms. The Morgan fingerprint density at radius 2 is 1.73 bits per heavy atom. The zero-order chi connectivity index (χ0) is 15.9. The van der Waals surface area contributed by atoms with Gasteiger partial charge in [0.15, 0.2) is 0 Å². The average Bonchev–Trinajstić information content (AvgIpc) is 2.55. The van der Waals surface area contributed by atoms with Crippen LogP contribution in [-0.4, -0.2) is 32.0 Å². The Hall–Kier alpha value is -2.49. The van der Waals surface area contributed by atoms with Gasteiger partial charge in [-0.1, -0.05) is 30.3 Å². The Labute approximate surface area is 131 Å². The van der Waals surface area contributed by atoms with Crippen LogP contribution in [0.5, 0.6) is 5.75 Å². The molecular weight excluding hydrogens is 276 g/mol. The molecule has 1 unspecified atom stereocenters. The maximum Gasteiger partial charge on any atom is 0.224 e. The molecule has 0 aromatic heterocycles. The van der Waals surface area contributed by atoms with E-state index in [1.807, 2.05) is 54.6 Å². The second kappa shape index (κ2) is 7.50. The lowest BCUT2D eigenvalue weighted by molar-refractivity contribution is -0.128. The Balaban J connectivity index is 2.18. The second-order valence-electron chi connectivity index (χ2n) is 5.33. The molecule has 0 saturated heterocycles. The van der Waals surface area contributed by atoms with Crippen LogP contribution < -0.4 is 10.1 Å². The van der Waals surface area contributed by atoms with Crippen molar-refractivity contribution in [2.75, 3.05) is 26.5 Å². The highest BCUT2D eigenvalue weighted by molar-refractivity contribution is 5.77. The summed E-state index contributed by atoms with van der Waals surface area (Å²) in [5.41, 5.74) is 2.05. The molecule has 0 saturated carbocycles. The van der Waals surface area contributed by atoms with Crippen LogP contribution in [0.1, 0.15) is 18.0 Å². The van der Waals surface area contributed by atoms with E-state index in [9.17, 15) is 4.79 Å². The Bertz CT molecular complexity index is 594. The third-order valence-corrected chi connectivity index (χ3v) is 3.51. The summed E-state index contributed by atoms with van der Waals surface area (Å²) in [6.45, 7) is 0. The topological polar surface area (TPSA) is 41.6 Å². The van der Waals surface area contributed by atoms with Crippen LogP contribution in [0.2, 0.25) is 0 Å². The number of carbonyl (C=O) groups is 1. The first kappa shape index (κ1) is 15.9. The molecule has 116 valence electrons. The summed E-state index contributed by atoms with van der Waals surface area (Å²) in [7, 11) is 5.19. The first-order valence-corrected chi connectivity index (χ1v) is 7.26. The van der Waals surface area contributed by atoms with Crippen LogP contribution in [0.3, 0.4) is 0 Å². The zero-order valence-corrected chi connectivity index (χ0v) is 13.2. The molecule has 1 atom stereocenters. The van der Waals surface area contributed by atoms with Gasteiger partial charge in [0.05, 0.1) is 19.6 Å². The van der Waals surface area contributed by atoms with Crippen LogP contribution in [0.4, 0.5) is 5.69 Å². The maximum absolute atomic E-state index is 12.1. The smallest absolute Gasteiger partial charge is 0.224 e. The van der Waals surface area contributed by atoms with Gasteiger partial charge in [-0.05, 0) is 29.8 Å². The highest BCUT2D eigenvalue weighted by atomic mass is 16.5. The van der Waals surface area contributed by atoms with Crippen LogP contribution in [0.15, 0.2) is 54.6 Å². The minimum Gasteiger partial charge on any atom is -0.497 e. The van der Waals surface area contributed by atoms with E-state index in [2.05, 4.69) is 5.32 Å². The van der Waals surface area contributed by atoms with Crippen molar-refractivity contribution in [3.63, 3.8) is 0 Å². The van der Waals surface area contributed by atoms with Gasteiger partial charge in [-0.15, -0.1) is 0 Å². The largest absolute Gasteiger partial charge is 0.497 e. The highest BCUT2D eigenvalue weighted by Crippen LogP contribution is 2.24. The molecule has 0 aliphatic heterocycles. The van der Waals surface area contributed by atoms with Crippen LogP contribution in [0.25, 0.3) is 0 Å². The summed E-state index contributed by atoms with van der Waals surface area (Å²) in [6.07, 6.45) is 0.406. The van der Waals surface area contributed by atoms with Gasteiger partial charge < -0.3 is 15.0 Å². The number of nitrogens with zero attached hydrogens (tertiary/aromatic N) is 1. The van der Waals surface area contributed by atoms with Gasteiger partial charge in [-0.2, -0.15) is 0 Å². The number of ether oxygens (including phenoxy) is 1. The lowest BCUT2D eigenvalue weighted by atomic mass is 10.0. The first-order valence-electron chi connectivity index (χ1n) is 7.26. The van der Waals surface area contributed by atoms with Crippen LogP contribution in [-0.2, 0) is 4.79 Å². The summed E-state index contributed by atoms with van der Waals surface area (Å²) < 4.78 is 5.17. The molecule has 22 heavy (non-hydrogen) atoms. The fraction of sp³-hybridized carbons (Fsp3) is 0.278. The molecule has 2 rings (SSSR count). The predicted molar refractivity (Wildman–Crippen MR) is 89.1 cm³/mol. The van der Waals surface area contributed by atoms with Gasteiger partial charge in [-0.25, -0.2) is 0 Å². The van der Waals surface area contributed by atoms with E-state index in [1.165, 1.54) is 0 Å². The number of amides is 1. The zero-order valence-electron chi connectivity index (χ0n) is 13.2. The summed E-state index contributed by atoms with van der Waals surface area (Å²) in [6, 6.07) is 17.6. The summed E-state index contributed by atoms with van der Waals surface area (Å²) in [5.74, 6) is 0.904. The molecule has 0 spiro atoms. The number of anilines is 1. The van der Waals surface area contributed by atoms with E-state index in [1.54, 1.807) is 26.1 Å². The average molecular weight is 298 g/mol. The Morgan fingerprint density at radius 1 is 1.09 bits per heavy atom. The fourth-order valence-corrected chi connectivity index (χ4v) is 2.18. The van der Waals surface area contributed by atoms with Crippen molar-refractivity contribution in [2.24, 2.45) is 0 Å². The van der Waals surface area contributed by atoms with Crippen molar-refractivity contribution >= 4 is 11.6 Å². The lowest BCUT2D eigenvalue weighted by Crippen LogP contribution is -2.26. The number of benzene rings is 2. The van der Waals surface area contributed by atoms with Gasteiger partial charge in [0.25, 0.3) is 0 Å². The van der Waals surface area contributed by atoms with Gasteiger partial charge >= 0.3 is 0 Å². The van der Waals surface area contributed by atoms with E-state index >= 15 is 0 Å². The number of rotatable bonds is 6. The van der Waals surface area contributed by atoms with Gasteiger partial charge in [0, 0.05) is 19.8 Å². The summed E-state index contributed by atoms with van der Waals surface area (Å²) in [5, 5.41) is 3.43. The van der Waals surface area contributed by atoms with Gasteiger partial charge in [0.1, 0.15) is 5.75 Å². The number of hydrogen-bond acceptors (Lipinski definition) is 3. The van der Waals surface area contributed by atoms with Gasteiger partial charge in [0.2, 0.25) is 5.91 Å². The quantitative estimate of drug-likeness (QED) is 0.889. The van der Waals surface area contributed by atoms with E-state index in [0.29, 0.717) is 6.42 Å². The molecule has 0 radical (unpaired) electrons. The molecule has 4 nitrogen and oxygen atoms in total. The predicted octanol–water partition coefficient (Wildman–Crippen LogP) is 3.33. The summed E-state index contributed by atoms with van der Waals surface area (Å²) >= 11 is 0. The Kier molecular flexibility index (Phi) is 5.42. The molecule has 0 bridgehead atoms. The maximum atomic E-state index is 12.1. The number of carbonyl (C=O) groups excluding carboxylic acids is 1. The number of hydrogen-bond donors (Lipinski definition) is 1. The van der Waals surface area contributed by atoms with E-state index in [4.69, 9.17) is 4.74 Å². The number of nitrogens with one attached hydrogen (secondary N) is 1. The molecule has 2 aromatic rings. The molecule has 0 fully saturated rings. The minimum absolute atomic E-state index is 0.0653. The molecule has 0 heterocycles. The van der Waals surface area contributed by atoms with Crippen molar-refractivity contribution in [2.45, 2.75) is 12.5 Å². The molecule has 1 N–H and O–H groups in total. The SMILES string of the molecule is COc1ccc(NC(CC(=O)N(C)C)c2ccccc2)cc1. The van der Waals surface area contributed by atoms with Crippen molar-refractivity contribution in [1.29, 1.82) is 0 Å². The van der Waals surface area contributed by atoms with Crippen molar-refractivity contribution in [3.05, 3.63) is 60.2 Å². The van der Waals surface area contributed by atoms with Crippen molar-refractivity contribution in [3.8, 4) is 5.75 Å². The first-order chi connectivity index (χ1) is 10.6. The Morgan fingerprint density at radius 3 is 2.27 bits per heavy atom. The molecule has 1 amide bonds. The third-order valence-electron chi connectivity index (χ3n) is 3.51. The number of methoxy groups -OCH3 is 1. The van der Waals surface area contributed by atoms with E-state index in [-0.39, 0.29) is 11.9 Å². The highest BCUT2D eigenvalue weighted by Gasteiger charge is 2.17. The molecule has 0 aliphatic carbocycles. The van der Waals surface area contributed by atoms with Crippen molar-refractivity contribution < 1.29 is 9.53 Å². The standard InChI is InChI=1S/C18H22N2O2/c1-20(2)18(21)13-17(14-7-5-4-6-8-14)19-15-9-11-16(22-3)12-10-15/h4-12,17,19H,13H2,1-3H3. The molecular formula is C18H22N2O2. The van der Waals surface area contributed by atoms with E-state index in [0.717, 1.165) is 17.0 Å². The second-order valence-corrected chi connectivity index (χ2v) is 5.33. The van der Waals surface area contributed by atoms with Crippen molar-refractivity contribution in [1.82, 2.24) is 4.90 Å². The minimum atomic E-state index is -0.0653. The summed E-state index contributed by atoms with van der Waals surface area (Å²) in [4.78, 5) is 13.7. The van der Waals surface area contributed by atoms with E-state index < -0.39 is 0 Å². The monoisotopic (exact) mass is 298 g/mol. The van der Waals surface area contributed by atoms with Gasteiger partial charge in [-0.3, -0.25) is 4.79 Å². The normalized spacial score (nSPS) is 11.6. The third kappa shape index (κ3) is 4.25. The lowest BCUT2D eigenvalue weighted by Gasteiger charge is -2.22. The van der Waals surface area contributed by atoms with Crippen LogP contribution in [0, 0.1) is 0 Å². The van der Waals surface area contributed by atoms with Crippen LogP contribution >= 0.6 is 0 Å². The molecule has 0 aliphatic rings. The molecule has 2 aromatic carbocycles. The fourth-order valence-electron chi connectivity index (χ4n) is 2.18.